The van der Waals surface area contributed by atoms with Crippen molar-refractivity contribution >= 4 is 5.91 Å². The zero-order valence-electron chi connectivity index (χ0n) is 10.7. The molecule has 1 fully saturated rings. The monoisotopic (exact) mass is 260 g/mol. The lowest BCUT2D eigenvalue weighted by molar-refractivity contribution is -0.122. The number of amides is 1. The summed E-state index contributed by atoms with van der Waals surface area (Å²) in [5, 5.41) is 2.94. The molecule has 1 aromatic carbocycles. The van der Waals surface area contributed by atoms with Crippen LogP contribution in [0.4, 0.5) is 4.39 Å². The lowest BCUT2D eigenvalue weighted by Gasteiger charge is -2.22. The van der Waals surface area contributed by atoms with Gasteiger partial charge in [0, 0.05) is 11.6 Å². The molecular weight excluding hydrogens is 243 g/mol. The summed E-state index contributed by atoms with van der Waals surface area (Å²) in [5.74, 6) is -0.631. The largest absolute Gasteiger partial charge is 0.346 e. The third-order valence-corrected chi connectivity index (χ3v) is 3.51. The van der Waals surface area contributed by atoms with Gasteiger partial charge in [-0.3, -0.25) is 9.64 Å². The SMILES string of the molecule is [C-]#[N+]C(C(=O)NC1CCCCC1)c1ccc(F)cc1. The molecule has 0 bridgehead atoms. The van der Waals surface area contributed by atoms with Gasteiger partial charge in [0.05, 0.1) is 0 Å². The van der Waals surface area contributed by atoms with E-state index in [2.05, 4.69) is 10.2 Å². The molecular formula is C15H17FN2O. The van der Waals surface area contributed by atoms with E-state index in [1.165, 1.54) is 30.7 Å². The number of halogens is 1. The van der Waals surface area contributed by atoms with Crippen molar-refractivity contribution in [3.8, 4) is 0 Å². The minimum Gasteiger partial charge on any atom is -0.346 e. The topological polar surface area (TPSA) is 33.5 Å². The Balaban J connectivity index is 2.02. The molecule has 1 N–H and O–H groups in total. The molecule has 2 rings (SSSR count). The van der Waals surface area contributed by atoms with Gasteiger partial charge in [-0.15, -0.1) is 0 Å². The molecule has 100 valence electrons. The van der Waals surface area contributed by atoms with Crippen molar-refractivity contribution in [2.75, 3.05) is 0 Å². The van der Waals surface area contributed by atoms with Crippen LogP contribution in [0.15, 0.2) is 24.3 Å². The summed E-state index contributed by atoms with van der Waals surface area (Å²) < 4.78 is 12.8. The zero-order valence-corrected chi connectivity index (χ0v) is 10.7. The molecule has 1 aromatic rings. The third kappa shape index (κ3) is 3.54. The second kappa shape index (κ2) is 6.33. The van der Waals surface area contributed by atoms with Crippen molar-refractivity contribution in [3.05, 3.63) is 47.1 Å². The van der Waals surface area contributed by atoms with Crippen LogP contribution < -0.4 is 5.32 Å². The Bertz CT molecular complexity index is 472. The molecule has 0 heterocycles. The van der Waals surface area contributed by atoms with E-state index < -0.39 is 6.04 Å². The summed E-state index contributed by atoms with van der Waals surface area (Å²) in [6, 6.07) is 4.87. The lowest BCUT2D eigenvalue weighted by atomic mass is 9.95. The summed E-state index contributed by atoms with van der Waals surface area (Å²) in [6.45, 7) is 7.17. The summed E-state index contributed by atoms with van der Waals surface area (Å²) in [7, 11) is 0. The van der Waals surface area contributed by atoms with Crippen LogP contribution in [-0.2, 0) is 4.79 Å². The van der Waals surface area contributed by atoms with Crippen molar-refractivity contribution in [3.63, 3.8) is 0 Å². The average molecular weight is 260 g/mol. The average Bonchev–Trinajstić information content (AvgIpc) is 2.43. The van der Waals surface area contributed by atoms with Gasteiger partial charge in [0.15, 0.2) is 0 Å². The van der Waals surface area contributed by atoms with Gasteiger partial charge in [-0.2, -0.15) is 0 Å². The zero-order chi connectivity index (χ0) is 13.7. The van der Waals surface area contributed by atoms with Crippen LogP contribution in [0.3, 0.4) is 0 Å². The molecule has 0 spiro atoms. The summed E-state index contributed by atoms with van der Waals surface area (Å²) >= 11 is 0. The van der Waals surface area contributed by atoms with Crippen LogP contribution in [0.2, 0.25) is 0 Å². The molecule has 19 heavy (non-hydrogen) atoms. The maximum absolute atomic E-state index is 12.8. The van der Waals surface area contributed by atoms with Crippen LogP contribution in [0, 0.1) is 12.4 Å². The van der Waals surface area contributed by atoms with E-state index in [9.17, 15) is 9.18 Å². The Hall–Kier alpha value is -1.89. The summed E-state index contributed by atoms with van der Waals surface area (Å²) in [6.07, 6.45) is 5.45. The fourth-order valence-electron chi connectivity index (χ4n) is 2.46. The van der Waals surface area contributed by atoms with Gasteiger partial charge in [-0.25, -0.2) is 11.0 Å². The van der Waals surface area contributed by atoms with Crippen LogP contribution in [0.5, 0.6) is 0 Å². The molecule has 1 unspecified atom stereocenters. The van der Waals surface area contributed by atoms with Crippen molar-refractivity contribution in [1.29, 1.82) is 0 Å². The number of hydrogen-bond acceptors (Lipinski definition) is 1. The van der Waals surface area contributed by atoms with Crippen LogP contribution >= 0.6 is 0 Å². The first-order chi connectivity index (χ1) is 9.20. The number of nitrogens with one attached hydrogen (secondary N) is 1. The van der Waals surface area contributed by atoms with E-state index in [1.54, 1.807) is 0 Å². The van der Waals surface area contributed by atoms with Crippen molar-refractivity contribution in [2.24, 2.45) is 0 Å². The first-order valence-corrected chi connectivity index (χ1v) is 6.63. The van der Waals surface area contributed by atoms with E-state index >= 15 is 0 Å². The molecule has 1 atom stereocenters. The van der Waals surface area contributed by atoms with Crippen molar-refractivity contribution < 1.29 is 9.18 Å². The maximum Gasteiger partial charge on any atom is 0.325 e. The summed E-state index contributed by atoms with van der Waals surface area (Å²) in [5.41, 5.74) is 0.546. The predicted octanol–water partition coefficient (Wildman–Crippen LogP) is 3.23. The number of rotatable bonds is 3. The summed E-state index contributed by atoms with van der Waals surface area (Å²) in [4.78, 5) is 15.5. The van der Waals surface area contributed by atoms with E-state index in [-0.39, 0.29) is 17.8 Å². The first kappa shape index (κ1) is 13.5. The van der Waals surface area contributed by atoms with E-state index in [0.29, 0.717) is 5.56 Å². The fraction of sp³-hybridized carbons (Fsp3) is 0.467. The highest BCUT2D eigenvalue weighted by atomic mass is 19.1. The molecule has 4 heteroatoms. The highest BCUT2D eigenvalue weighted by Gasteiger charge is 2.28. The first-order valence-electron chi connectivity index (χ1n) is 6.63. The van der Waals surface area contributed by atoms with Gasteiger partial charge < -0.3 is 5.32 Å². The highest BCUT2D eigenvalue weighted by Crippen LogP contribution is 2.21. The highest BCUT2D eigenvalue weighted by molar-refractivity contribution is 5.85. The second-order valence-corrected chi connectivity index (χ2v) is 4.93. The van der Waals surface area contributed by atoms with E-state index in [1.807, 2.05) is 0 Å². The van der Waals surface area contributed by atoms with Crippen LogP contribution in [0.1, 0.15) is 43.7 Å². The molecule has 3 nitrogen and oxygen atoms in total. The maximum atomic E-state index is 12.8. The van der Waals surface area contributed by atoms with Gasteiger partial charge in [0.25, 0.3) is 0 Å². The second-order valence-electron chi connectivity index (χ2n) is 4.93. The Morgan fingerprint density at radius 1 is 1.26 bits per heavy atom. The number of carbonyl (C=O) groups is 1. The molecule has 0 saturated heterocycles. The van der Waals surface area contributed by atoms with Gasteiger partial charge >= 0.3 is 11.9 Å². The number of hydrogen-bond donors (Lipinski definition) is 1. The minimum absolute atomic E-state index is 0.186. The molecule has 0 radical (unpaired) electrons. The molecule has 1 saturated carbocycles. The molecule has 0 aliphatic heterocycles. The quantitative estimate of drug-likeness (QED) is 0.832. The van der Waals surface area contributed by atoms with Crippen molar-refractivity contribution in [1.82, 2.24) is 5.32 Å². The Morgan fingerprint density at radius 2 is 1.89 bits per heavy atom. The van der Waals surface area contributed by atoms with E-state index in [4.69, 9.17) is 6.57 Å². The Labute approximate surface area is 112 Å². The van der Waals surface area contributed by atoms with E-state index in [0.717, 1.165) is 25.7 Å². The standard InChI is InChI=1S/C15H17FN2O/c1-17-14(11-7-9-12(16)10-8-11)15(19)18-13-5-3-2-4-6-13/h7-10,13-14H,2-6H2,(H,18,19). The lowest BCUT2D eigenvalue weighted by Crippen LogP contribution is -2.38. The van der Waals surface area contributed by atoms with Gasteiger partial charge in [0.2, 0.25) is 0 Å². The van der Waals surface area contributed by atoms with Gasteiger partial charge in [0.1, 0.15) is 5.82 Å². The molecule has 1 aliphatic rings. The number of carbonyl (C=O) groups excluding carboxylic acids is 1. The number of nitrogens with zero attached hydrogens (tertiary/aromatic N) is 1. The third-order valence-electron chi connectivity index (χ3n) is 3.51. The normalized spacial score (nSPS) is 17.5. The van der Waals surface area contributed by atoms with Crippen LogP contribution in [-0.4, -0.2) is 11.9 Å². The van der Waals surface area contributed by atoms with Crippen molar-refractivity contribution in [2.45, 2.75) is 44.2 Å². The predicted molar refractivity (Wildman–Crippen MR) is 70.8 cm³/mol. The Kier molecular flexibility index (Phi) is 4.51. The Morgan fingerprint density at radius 3 is 2.47 bits per heavy atom. The van der Waals surface area contributed by atoms with Gasteiger partial charge in [-0.1, -0.05) is 19.3 Å². The fourth-order valence-corrected chi connectivity index (χ4v) is 2.46. The molecule has 1 amide bonds. The smallest absolute Gasteiger partial charge is 0.325 e. The number of benzene rings is 1. The minimum atomic E-state index is -0.873. The molecule has 1 aliphatic carbocycles. The van der Waals surface area contributed by atoms with Gasteiger partial charge in [-0.05, 0) is 37.1 Å². The van der Waals surface area contributed by atoms with Crippen LogP contribution in [0.25, 0.3) is 4.85 Å². The molecule has 0 aromatic heterocycles.